The summed E-state index contributed by atoms with van der Waals surface area (Å²) in [5.41, 5.74) is 1.63. The number of likely N-dealkylation sites (N-methyl/N-ethyl adjacent to an activating group) is 1. The molecule has 14 heteroatoms. The maximum Gasteiger partial charge on any atom is 0.258 e. The molecule has 38 heavy (non-hydrogen) atoms. The van der Waals surface area contributed by atoms with Crippen LogP contribution in [-0.2, 0) is 14.8 Å². The first-order chi connectivity index (χ1) is 18.1. The Kier molecular flexibility index (Phi) is 9.69. The molecule has 0 atom stereocenters. The number of nitrogens with zero attached hydrogens (tertiary/aromatic N) is 3. The molecule has 3 rings (SSSR count). The Morgan fingerprint density at radius 3 is 2.21 bits per heavy atom. The van der Waals surface area contributed by atoms with E-state index in [2.05, 4.69) is 4.98 Å². The van der Waals surface area contributed by atoms with Gasteiger partial charge in [0.05, 0.1) is 11.4 Å². The van der Waals surface area contributed by atoms with E-state index < -0.39 is 57.2 Å². The number of nitrogens with one attached hydrogen (secondary N) is 1. The lowest BCUT2D eigenvalue weighted by atomic mass is 10.2. The lowest BCUT2D eigenvalue weighted by Gasteiger charge is -2.26. The second-order valence-electron chi connectivity index (χ2n) is 7.77. The van der Waals surface area contributed by atoms with Crippen molar-refractivity contribution in [3.05, 3.63) is 83.1 Å². The van der Waals surface area contributed by atoms with Gasteiger partial charge in [0.15, 0.2) is 17.4 Å². The van der Waals surface area contributed by atoms with Crippen LogP contribution in [0.5, 0.6) is 11.5 Å². The maximum absolute atomic E-state index is 14.8. The number of aromatic nitrogens is 1. The van der Waals surface area contributed by atoms with Gasteiger partial charge in [-0.3, -0.25) is 19.8 Å². The number of pyridine rings is 1. The summed E-state index contributed by atoms with van der Waals surface area (Å²) in [6, 6.07) is 9.68. The molecule has 0 aliphatic rings. The van der Waals surface area contributed by atoms with E-state index in [1.165, 1.54) is 59.2 Å². The van der Waals surface area contributed by atoms with Crippen molar-refractivity contribution in [3.8, 4) is 11.5 Å². The third kappa shape index (κ3) is 7.01. The van der Waals surface area contributed by atoms with Crippen molar-refractivity contribution in [2.75, 3.05) is 26.2 Å². The fourth-order valence-electron chi connectivity index (χ4n) is 3.34. The second-order valence-corrected chi connectivity index (χ2v) is 10.1. The predicted octanol–water partition coefficient (Wildman–Crippen LogP) is 3.46. The minimum atomic E-state index is -4.68. The van der Waals surface area contributed by atoms with E-state index in [0.717, 1.165) is 0 Å². The van der Waals surface area contributed by atoms with E-state index >= 15 is 0 Å². The smallest absolute Gasteiger partial charge is 0.258 e. The van der Waals surface area contributed by atoms with Crippen molar-refractivity contribution in [1.29, 1.82) is 0 Å². The van der Waals surface area contributed by atoms with Crippen molar-refractivity contribution in [1.82, 2.24) is 19.7 Å². The Balaban J connectivity index is 1.87. The Labute approximate surface area is 222 Å². The maximum atomic E-state index is 14.8. The van der Waals surface area contributed by atoms with Gasteiger partial charge in [0, 0.05) is 42.6 Å². The lowest BCUT2D eigenvalue weighted by Crippen LogP contribution is -2.45. The highest BCUT2D eigenvalue weighted by atomic mass is 35.5. The number of benzene rings is 2. The zero-order valence-corrected chi connectivity index (χ0v) is 21.5. The average molecular weight is 569 g/mol. The van der Waals surface area contributed by atoms with Gasteiger partial charge >= 0.3 is 0 Å². The SMILES string of the molecule is CCN(CCN(CC(=O)NO)S(=O)(=O)c1cc(F)c(Oc2ccc(Cl)cc2)c(F)c1)C(=O)c1ccncc1. The van der Waals surface area contributed by atoms with Crippen LogP contribution in [0.2, 0.25) is 5.02 Å². The summed E-state index contributed by atoms with van der Waals surface area (Å²) in [5.74, 6) is -4.92. The van der Waals surface area contributed by atoms with Crippen LogP contribution in [0.15, 0.2) is 65.8 Å². The molecule has 3 aromatic rings. The summed E-state index contributed by atoms with van der Waals surface area (Å²) >= 11 is 5.78. The predicted molar refractivity (Wildman–Crippen MR) is 132 cm³/mol. The summed E-state index contributed by atoms with van der Waals surface area (Å²) < 4.78 is 62.0. The number of hydrogen-bond donors (Lipinski definition) is 2. The molecule has 0 bridgehead atoms. The van der Waals surface area contributed by atoms with Crippen molar-refractivity contribution < 1.29 is 36.7 Å². The van der Waals surface area contributed by atoms with Gasteiger partial charge in [-0.1, -0.05) is 11.6 Å². The number of rotatable bonds is 11. The molecule has 0 aliphatic heterocycles. The molecule has 2 N–H and O–H groups in total. The van der Waals surface area contributed by atoms with Crippen molar-refractivity contribution in [2.45, 2.75) is 11.8 Å². The van der Waals surface area contributed by atoms with E-state index in [4.69, 9.17) is 21.5 Å². The number of ether oxygens (including phenoxy) is 1. The first-order valence-corrected chi connectivity index (χ1v) is 12.9. The molecule has 1 aromatic heterocycles. The van der Waals surface area contributed by atoms with Crippen molar-refractivity contribution in [3.63, 3.8) is 0 Å². The number of amides is 2. The molecule has 1 heterocycles. The highest BCUT2D eigenvalue weighted by Crippen LogP contribution is 2.31. The van der Waals surface area contributed by atoms with E-state index in [1.807, 2.05) is 0 Å². The van der Waals surface area contributed by atoms with Gasteiger partial charge in [0.1, 0.15) is 5.75 Å². The molecular formula is C24H23ClF2N4O6S. The molecule has 2 aromatic carbocycles. The molecule has 202 valence electrons. The van der Waals surface area contributed by atoms with Gasteiger partial charge < -0.3 is 9.64 Å². The van der Waals surface area contributed by atoms with E-state index in [1.54, 1.807) is 6.92 Å². The van der Waals surface area contributed by atoms with Crippen molar-refractivity contribution >= 4 is 33.4 Å². The Morgan fingerprint density at radius 2 is 1.66 bits per heavy atom. The Morgan fingerprint density at radius 1 is 1.05 bits per heavy atom. The van der Waals surface area contributed by atoms with Crippen LogP contribution in [-0.4, -0.2) is 65.8 Å². The van der Waals surface area contributed by atoms with Gasteiger partial charge in [-0.25, -0.2) is 22.7 Å². The summed E-state index contributed by atoms with van der Waals surface area (Å²) in [5, 5.41) is 9.30. The first kappa shape index (κ1) is 28.9. The van der Waals surface area contributed by atoms with E-state index in [0.29, 0.717) is 27.0 Å². The number of carbonyl (C=O) groups is 2. The molecule has 0 saturated carbocycles. The summed E-state index contributed by atoms with van der Waals surface area (Å²) in [6.45, 7) is 0.390. The van der Waals surface area contributed by atoms with Gasteiger partial charge in [-0.15, -0.1) is 0 Å². The number of hydroxylamine groups is 1. The lowest BCUT2D eigenvalue weighted by molar-refractivity contribution is -0.129. The van der Waals surface area contributed by atoms with Crippen LogP contribution < -0.4 is 10.2 Å². The quantitative estimate of drug-likeness (QED) is 0.268. The van der Waals surface area contributed by atoms with Crippen LogP contribution in [0, 0.1) is 11.6 Å². The molecule has 2 amide bonds. The molecule has 10 nitrogen and oxygen atoms in total. The second kappa shape index (κ2) is 12.7. The first-order valence-electron chi connectivity index (χ1n) is 11.1. The zero-order valence-electron chi connectivity index (χ0n) is 20.0. The monoisotopic (exact) mass is 568 g/mol. The summed E-state index contributed by atoms with van der Waals surface area (Å²) in [7, 11) is -4.68. The average Bonchev–Trinajstić information content (AvgIpc) is 2.91. The van der Waals surface area contributed by atoms with Crippen LogP contribution in [0.4, 0.5) is 8.78 Å². The van der Waals surface area contributed by atoms with Crippen molar-refractivity contribution in [2.24, 2.45) is 0 Å². The van der Waals surface area contributed by atoms with Gasteiger partial charge in [-0.05, 0) is 55.5 Å². The number of sulfonamides is 1. The van der Waals surface area contributed by atoms with Crippen LogP contribution in [0.3, 0.4) is 0 Å². The molecule has 0 saturated heterocycles. The van der Waals surface area contributed by atoms with E-state index in [9.17, 15) is 26.8 Å². The molecule has 0 aliphatic carbocycles. The zero-order chi connectivity index (χ0) is 27.9. The fourth-order valence-corrected chi connectivity index (χ4v) is 4.88. The molecule has 0 unspecified atom stereocenters. The number of carbonyl (C=O) groups excluding carboxylic acids is 2. The van der Waals surface area contributed by atoms with Crippen LogP contribution >= 0.6 is 11.6 Å². The summed E-state index contributed by atoms with van der Waals surface area (Å²) in [4.78, 5) is 29.0. The minimum Gasteiger partial charge on any atom is -0.451 e. The topological polar surface area (TPSA) is 129 Å². The minimum absolute atomic E-state index is 0.0579. The van der Waals surface area contributed by atoms with Gasteiger partial charge in [-0.2, -0.15) is 4.31 Å². The highest BCUT2D eigenvalue weighted by molar-refractivity contribution is 7.89. The van der Waals surface area contributed by atoms with Gasteiger partial charge in [0.25, 0.3) is 11.8 Å². The summed E-state index contributed by atoms with van der Waals surface area (Å²) in [6.07, 6.45) is 2.85. The Bertz CT molecular complexity index is 1370. The number of halogens is 3. The molecule has 0 spiro atoms. The third-order valence-electron chi connectivity index (χ3n) is 5.30. The highest BCUT2D eigenvalue weighted by Gasteiger charge is 2.30. The Hall–Kier alpha value is -3.65. The normalized spacial score (nSPS) is 11.3. The molecule has 0 fully saturated rings. The van der Waals surface area contributed by atoms with Crippen LogP contribution in [0.25, 0.3) is 0 Å². The largest absolute Gasteiger partial charge is 0.451 e. The number of hydrogen-bond acceptors (Lipinski definition) is 7. The van der Waals surface area contributed by atoms with E-state index in [-0.39, 0.29) is 18.8 Å². The fraction of sp³-hybridized carbons (Fsp3) is 0.208. The third-order valence-corrected chi connectivity index (χ3v) is 7.38. The van der Waals surface area contributed by atoms with Crippen LogP contribution in [0.1, 0.15) is 17.3 Å². The molecule has 0 radical (unpaired) electrons. The standard InChI is InChI=1S/C24H23ClF2N4O6S/c1-2-30(24(33)16-7-9-28-10-8-16)11-12-31(15-22(32)29-34)38(35,36)19-13-20(26)23(21(27)14-19)37-18-5-3-17(25)4-6-18/h3-10,13-14,34H,2,11-12,15H2,1H3,(H,29,32). The molecular weight excluding hydrogens is 546 g/mol. The van der Waals surface area contributed by atoms with Gasteiger partial charge in [0.2, 0.25) is 10.0 Å².